The maximum absolute atomic E-state index is 12.7. The van der Waals surface area contributed by atoms with E-state index in [4.69, 9.17) is 0 Å². The third kappa shape index (κ3) is 1.24. The lowest BCUT2D eigenvalue weighted by Gasteiger charge is -1.95. The van der Waals surface area contributed by atoms with Gasteiger partial charge in [-0.05, 0) is 25.1 Å². The summed E-state index contributed by atoms with van der Waals surface area (Å²) >= 11 is 0. The molecule has 0 aromatic heterocycles. The Hall–Kier alpha value is -1.11. The van der Waals surface area contributed by atoms with Crippen LogP contribution in [0.25, 0.3) is 0 Å². The van der Waals surface area contributed by atoms with Crippen molar-refractivity contribution in [2.45, 2.75) is 6.92 Å². The molecule has 1 aromatic carbocycles. The molecule has 0 aliphatic heterocycles. The van der Waals surface area contributed by atoms with Gasteiger partial charge >= 0.3 is 0 Å². The Morgan fingerprint density at radius 2 is 2.20 bits per heavy atom. The summed E-state index contributed by atoms with van der Waals surface area (Å²) in [5.41, 5.74) is 1.47. The van der Waals surface area contributed by atoms with Gasteiger partial charge in [-0.2, -0.15) is 0 Å². The third-order valence-corrected chi connectivity index (χ3v) is 1.31. The number of rotatable bonds is 1. The average molecular weight is 135 g/mol. The van der Waals surface area contributed by atoms with Crippen LogP contribution in [0.15, 0.2) is 24.8 Å². The predicted octanol–water partition coefficient (Wildman–Crippen LogP) is 2.47. The van der Waals surface area contributed by atoms with E-state index >= 15 is 0 Å². The van der Waals surface area contributed by atoms with Crippen molar-refractivity contribution in [1.29, 1.82) is 0 Å². The van der Waals surface area contributed by atoms with E-state index < -0.39 is 0 Å². The molecule has 0 nitrogen and oxygen atoms in total. The summed E-state index contributed by atoms with van der Waals surface area (Å²) in [7, 11) is 0. The zero-order chi connectivity index (χ0) is 7.56. The fraction of sp³-hybridized carbons (Fsp3) is 0.111. The highest BCUT2D eigenvalue weighted by molar-refractivity contribution is 5.27. The van der Waals surface area contributed by atoms with E-state index in [2.05, 4.69) is 12.7 Å². The number of halogens is 1. The first-order chi connectivity index (χ1) is 4.74. The Kier molecular flexibility index (Phi) is 1.86. The van der Waals surface area contributed by atoms with Gasteiger partial charge in [0.1, 0.15) is 5.82 Å². The minimum atomic E-state index is -0.263. The topological polar surface area (TPSA) is 0 Å². The van der Waals surface area contributed by atoms with Gasteiger partial charge in [0.15, 0.2) is 0 Å². The molecule has 51 valence electrons. The molecule has 0 saturated heterocycles. The first-order valence-electron chi connectivity index (χ1n) is 3.03. The molecular formula is C9H8F. The monoisotopic (exact) mass is 135 g/mol. The summed E-state index contributed by atoms with van der Waals surface area (Å²) in [5, 5.41) is 0. The van der Waals surface area contributed by atoms with E-state index in [1.54, 1.807) is 12.1 Å². The quantitative estimate of drug-likeness (QED) is 0.555. The Balaban J connectivity index is 3.21. The number of aryl methyl sites for hydroxylation is 1. The first-order valence-corrected chi connectivity index (χ1v) is 3.03. The normalized spacial score (nSPS) is 9.40. The van der Waals surface area contributed by atoms with Gasteiger partial charge in [-0.3, -0.25) is 0 Å². The van der Waals surface area contributed by atoms with Crippen LogP contribution in [0.3, 0.4) is 0 Å². The summed E-state index contributed by atoms with van der Waals surface area (Å²) in [5.74, 6) is -0.263. The molecule has 0 amide bonds. The maximum Gasteiger partial charge on any atom is 0.131 e. The maximum atomic E-state index is 12.7. The molecule has 0 N–H and O–H groups in total. The van der Waals surface area contributed by atoms with Gasteiger partial charge in [-0.1, -0.05) is 18.2 Å². The molecule has 0 bridgehead atoms. The summed E-state index contributed by atoms with van der Waals surface area (Å²) in [6, 6.07) is 4.85. The van der Waals surface area contributed by atoms with Crippen LogP contribution in [0.1, 0.15) is 11.1 Å². The molecule has 0 spiro atoms. The molecule has 1 radical (unpaired) electrons. The van der Waals surface area contributed by atoms with E-state index in [0.29, 0.717) is 5.56 Å². The van der Waals surface area contributed by atoms with Crippen molar-refractivity contribution in [3.8, 4) is 0 Å². The second-order valence-electron chi connectivity index (χ2n) is 2.16. The van der Waals surface area contributed by atoms with Gasteiger partial charge in [0, 0.05) is 5.56 Å². The summed E-state index contributed by atoms with van der Waals surface area (Å²) in [6.45, 7) is 5.27. The fourth-order valence-corrected chi connectivity index (χ4v) is 0.775. The van der Waals surface area contributed by atoms with Crippen LogP contribution in [0.4, 0.5) is 4.39 Å². The van der Waals surface area contributed by atoms with Gasteiger partial charge < -0.3 is 0 Å². The largest absolute Gasteiger partial charge is 0.206 e. The second-order valence-corrected chi connectivity index (χ2v) is 2.16. The van der Waals surface area contributed by atoms with Gasteiger partial charge in [-0.15, -0.1) is 0 Å². The SMILES string of the molecule is C=[C]c1cc(C)ccc1F. The molecule has 0 aliphatic carbocycles. The summed E-state index contributed by atoms with van der Waals surface area (Å²) in [4.78, 5) is 0. The Labute approximate surface area is 60.0 Å². The second kappa shape index (κ2) is 2.65. The Morgan fingerprint density at radius 3 is 2.70 bits per heavy atom. The molecule has 0 atom stereocenters. The minimum absolute atomic E-state index is 0.263. The fourth-order valence-electron chi connectivity index (χ4n) is 0.775. The van der Waals surface area contributed by atoms with Crippen LogP contribution in [0.5, 0.6) is 0 Å². The van der Waals surface area contributed by atoms with E-state index in [0.717, 1.165) is 5.56 Å². The number of hydrogen-bond donors (Lipinski definition) is 0. The molecule has 1 rings (SSSR count). The number of hydrogen-bond acceptors (Lipinski definition) is 0. The van der Waals surface area contributed by atoms with Crippen molar-refractivity contribution >= 4 is 0 Å². The lowest BCUT2D eigenvalue weighted by molar-refractivity contribution is 0.621. The van der Waals surface area contributed by atoms with E-state index in [-0.39, 0.29) is 5.82 Å². The Bertz CT molecular complexity index is 251. The van der Waals surface area contributed by atoms with Crippen LogP contribution in [-0.2, 0) is 0 Å². The molecule has 10 heavy (non-hydrogen) atoms. The molecular weight excluding hydrogens is 127 g/mol. The highest BCUT2D eigenvalue weighted by Crippen LogP contribution is 2.08. The van der Waals surface area contributed by atoms with E-state index in [1.807, 2.05) is 6.92 Å². The Morgan fingerprint density at radius 1 is 1.50 bits per heavy atom. The molecule has 0 saturated carbocycles. The van der Waals surface area contributed by atoms with E-state index in [9.17, 15) is 4.39 Å². The molecule has 1 heteroatoms. The molecule has 1 aromatic rings. The van der Waals surface area contributed by atoms with Crippen LogP contribution in [0.2, 0.25) is 0 Å². The standard InChI is InChI=1S/C9H8F/c1-3-8-6-7(2)4-5-9(8)10/h4-6H,1H2,2H3. The van der Waals surface area contributed by atoms with Gasteiger partial charge in [0.25, 0.3) is 0 Å². The summed E-state index contributed by atoms with van der Waals surface area (Å²) < 4.78 is 12.7. The zero-order valence-electron chi connectivity index (χ0n) is 5.82. The predicted molar refractivity (Wildman–Crippen MR) is 39.1 cm³/mol. The van der Waals surface area contributed by atoms with Gasteiger partial charge in [-0.25, -0.2) is 4.39 Å². The molecule has 0 heterocycles. The first kappa shape index (κ1) is 7.00. The minimum Gasteiger partial charge on any atom is -0.206 e. The van der Waals surface area contributed by atoms with E-state index in [1.165, 1.54) is 6.07 Å². The third-order valence-electron chi connectivity index (χ3n) is 1.31. The van der Waals surface area contributed by atoms with Crippen molar-refractivity contribution in [2.24, 2.45) is 0 Å². The van der Waals surface area contributed by atoms with Crippen LogP contribution < -0.4 is 0 Å². The summed E-state index contributed by atoms with van der Waals surface area (Å²) in [6.07, 6.45) is 2.51. The molecule has 0 aliphatic rings. The zero-order valence-corrected chi connectivity index (χ0v) is 5.82. The molecule has 0 fully saturated rings. The van der Waals surface area contributed by atoms with Crippen molar-refractivity contribution in [3.63, 3.8) is 0 Å². The van der Waals surface area contributed by atoms with Crippen molar-refractivity contribution in [2.75, 3.05) is 0 Å². The smallest absolute Gasteiger partial charge is 0.131 e. The highest BCUT2D eigenvalue weighted by atomic mass is 19.1. The van der Waals surface area contributed by atoms with Gasteiger partial charge in [0.05, 0.1) is 0 Å². The van der Waals surface area contributed by atoms with Crippen LogP contribution in [0, 0.1) is 18.8 Å². The highest BCUT2D eigenvalue weighted by Gasteiger charge is 1.95. The van der Waals surface area contributed by atoms with Crippen molar-refractivity contribution < 1.29 is 4.39 Å². The van der Waals surface area contributed by atoms with Crippen LogP contribution >= 0.6 is 0 Å². The number of benzene rings is 1. The lowest BCUT2D eigenvalue weighted by Crippen LogP contribution is -1.82. The molecule has 0 unspecified atom stereocenters. The van der Waals surface area contributed by atoms with Crippen LogP contribution in [-0.4, -0.2) is 0 Å². The average Bonchev–Trinajstić information content (AvgIpc) is 1.94. The van der Waals surface area contributed by atoms with Gasteiger partial charge in [0.2, 0.25) is 0 Å². The lowest BCUT2D eigenvalue weighted by atomic mass is 10.1. The van der Waals surface area contributed by atoms with Crippen molar-refractivity contribution in [1.82, 2.24) is 0 Å². The van der Waals surface area contributed by atoms with Crippen molar-refractivity contribution in [3.05, 3.63) is 47.8 Å².